The van der Waals surface area contributed by atoms with Gasteiger partial charge < -0.3 is 19.4 Å². The van der Waals surface area contributed by atoms with Gasteiger partial charge in [0.1, 0.15) is 12.6 Å². The van der Waals surface area contributed by atoms with Gasteiger partial charge in [-0.2, -0.15) is 0 Å². The molecule has 1 amide bonds. The fourth-order valence-corrected chi connectivity index (χ4v) is 3.65. The number of para-hydroxylation sites is 1. The van der Waals surface area contributed by atoms with Crippen molar-refractivity contribution in [2.24, 2.45) is 0 Å². The number of alkyl carbamates (subject to hydrolysis) is 1. The van der Waals surface area contributed by atoms with Crippen molar-refractivity contribution in [3.05, 3.63) is 71.9 Å². The van der Waals surface area contributed by atoms with Crippen LogP contribution in [0.15, 0.2) is 60.8 Å². The maximum Gasteiger partial charge on any atom is 0.408 e. The molecule has 0 aliphatic carbocycles. The Hall–Kier alpha value is -3.28. The molecule has 1 aromatic heterocycles. The van der Waals surface area contributed by atoms with Crippen molar-refractivity contribution in [2.75, 3.05) is 7.11 Å². The lowest BCUT2D eigenvalue weighted by Gasteiger charge is -2.22. The van der Waals surface area contributed by atoms with Crippen molar-refractivity contribution < 1.29 is 19.1 Å². The van der Waals surface area contributed by atoms with E-state index in [4.69, 9.17) is 9.47 Å². The fraction of sp³-hybridized carbons (Fsp3) is 0.333. The number of nitrogens with zero attached hydrogens (tertiary/aromatic N) is 1. The van der Waals surface area contributed by atoms with Crippen LogP contribution in [0.1, 0.15) is 37.3 Å². The quantitative estimate of drug-likeness (QED) is 0.552. The molecule has 0 aliphatic heterocycles. The molecule has 158 valence electrons. The summed E-state index contributed by atoms with van der Waals surface area (Å²) < 4.78 is 12.5. The van der Waals surface area contributed by atoms with E-state index in [-0.39, 0.29) is 12.5 Å². The van der Waals surface area contributed by atoms with Crippen LogP contribution in [0.2, 0.25) is 0 Å². The second-order valence-corrected chi connectivity index (χ2v) is 7.29. The molecule has 6 heteroatoms. The first kappa shape index (κ1) is 21.4. The molecule has 2 atom stereocenters. The highest BCUT2D eigenvalue weighted by Gasteiger charge is 2.31. The van der Waals surface area contributed by atoms with E-state index in [1.165, 1.54) is 7.11 Å². The van der Waals surface area contributed by atoms with E-state index in [1.807, 2.05) is 55.5 Å². The van der Waals surface area contributed by atoms with Crippen LogP contribution in [0.3, 0.4) is 0 Å². The average Bonchev–Trinajstić information content (AvgIpc) is 3.15. The van der Waals surface area contributed by atoms with Crippen LogP contribution >= 0.6 is 0 Å². The molecule has 0 radical (unpaired) electrons. The number of hydrogen-bond donors (Lipinski definition) is 1. The zero-order valence-corrected chi connectivity index (χ0v) is 17.6. The second kappa shape index (κ2) is 9.96. The van der Waals surface area contributed by atoms with E-state index in [9.17, 15) is 9.59 Å². The summed E-state index contributed by atoms with van der Waals surface area (Å²) in [6, 6.07) is 16.6. The number of rotatable bonds is 8. The highest BCUT2D eigenvalue weighted by molar-refractivity contribution is 5.87. The molecule has 0 aliphatic rings. The Kier molecular flexibility index (Phi) is 7.12. The number of nitrogens with one attached hydrogen (secondary N) is 1. The minimum Gasteiger partial charge on any atom is -0.467 e. The van der Waals surface area contributed by atoms with Gasteiger partial charge >= 0.3 is 12.1 Å². The largest absolute Gasteiger partial charge is 0.467 e. The van der Waals surface area contributed by atoms with Gasteiger partial charge in [-0.25, -0.2) is 9.59 Å². The zero-order valence-electron chi connectivity index (χ0n) is 17.6. The van der Waals surface area contributed by atoms with Crippen molar-refractivity contribution in [3.8, 4) is 0 Å². The SMILES string of the molecule is CCCn1cc([C@@H](C)[C@@H](NC(=O)OCc2ccccc2)C(=O)OC)c2ccccc21. The molecule has 0 fully saturated rings. The van der Waals surface area contributed by atoms with E-state index in [0.717, 1.165) is 35.0 Å². The third kappa shape index (κ3) is 4.82. The Morgan fingerprint density at radius 3 is 2.47 bits per heavy atom. The van der Waals surface area contributed by atoms with E-state index < -0.39 is 18.1 Å². The number of ether oxygens (including phenoxy) is 2. The van der Waals surface area contributed by atoms with Gasteiger partial charge in [-0.15, -0.1) is 0 Å². The van der Waals surface area contributed by atoms with Crippen LogP contribution in [0.4, 0.5) is 4.79 Å². The zero-order chi connectivity index (χ0) is 21.5. The summed E-state index contributed by atoms with van der Waals surface area (Å²) in [5.74, 6) is -0.809. The molecule has 2 aromatic carbocycles. The molecule has 0 saturated carbocycles. The van der Waals surface area contributed by atoms with Crippen LogP contribution < -0.4 is 5.32 Å². The molecule has 6 nitrogen and oxygen atoms in total. The standard InChI is InChI=1S/C24H28N2O4/c1-4-14-26-15-20(19-12-8-9-13-21(19)26)17(2)22(23(27)29-3)25-24(28)30-16-18-10-6-5-7-11-18/h5-13,15,17,22H,4,14,16H2,1-3H3,(H,25,28)/t17-,22-/m1/s1. The summed E-state index contributed by atoms with van der Waals surface area (Å²) in [7, 11) is 1.32. The lowest BCUT2D eigenvalue weighted by atomic mass is 9.93. The lowest BCUT2D eigenvalue weighted by Crippen LogP contribution is -2.45. The number of fused-ring (bicyclic) bond motifs is 1. The lowest BCUT2D eigenvalue weighted by molar-refractivity contribution is -0.143. The van der Waals surface area contributed by atoms with Crippen LogP contribution in [0.5, 0.6) is 0 Å². The number of aryl methyl sites for hydroxylation is 1. The molecule has 0 spiro atoms. The van der Waals surface area contributed by atoms with Gasteiger partial charge in [0.05, 0.1) is 7.11 Å². The van der Waals surface area contributed by atoms with Crippen molar-refractivity contribution in [1.82, 2.24) is 9.88 Å². The van der Waals surface area contributed by atoms with Crippen LogP contribution in [-0.2, 0) is 27.4 Å². The van der Waals surface area contributed by atoms with Crippen LogP contribution in [0, 0.1) is 0 Å². The molecular formula is C24H28N2O4. The molecule has 3 rings (SSSR count). The Labute approximate surface area is 176 Å². The number of carbonyl (C=O) groups is 2. The molecule has 0 unspecified atom stereocenters. The summed E-state index contributed by atoms with van der Waals surface area (Å²) in [6.45, 7) is 5.05. The first-order valence-corrected chi connectivity index (χ1v) is 10.2. The summed E-state index contributed by atoms with van der Waals surface area (Å²) in [5.41, 5.74) is 2.97. The summed E-state index contributed by atoms with van der Waals surface area (Å²) in [5, 5.41) is 3.76. The number of carbonyl (C=O) groups excluding carboxylic acids is 2. The van der Waals surface area contributed by atoms with E-state index >= 15 is 0 Å². The summed E-state index contributed by atoms with van der Waals surface area (Å²) >= 11 is 0. The van der Waals surface area contributed by atoms with E-state index in [1.54, 1.807) is 0 Å². The highest BCUT2D eigenvalue weighted by atomic mass is 16.6. The topological polar surface area (TPSA) is 69.6 Å². The van der Waals surface area contributed by atoms with Gasteiger partial charge in [0.2, 0.25) is 0 Å². The average molecular weight is 408 g/mol. The Morgan fingerprint density at radius 1 is 1.07 bits per heavy atom. The summed E-state index contributed by atoms with van der Waals surface area (Å²) in [4.78, 5) is 24.9. The van der Waals surface area contributed by atoms with Gasteiger partial charge in [-0.1, -0.05) is 62.4 Å². The van der Waals surface area contributed by atoms with Crippen molar-refractivity contribution in [3.63, 3.8) is 0 Å². The van der Waals surface area contributed by atoms with Gasteiger partial charge in [0, 0.05) is 29.6 Å². The van der Waals surface area contributed by atoms with Crippen LogP contribution in [0.25, 0.3) is 10.9 Å². The molecule has 1 N–H and O–H groups in total. The predicted octanol–water partition coefficient (Wildman–Crippen LogP) is 4.62. The molecule has 30 heavy (non-hydrogen) atoms. The molecule has 0 saturated heterocycles. The number of amides is 1. The monoisotopic (exact) mass is 408 g/mol. The maximum atomic E-state index is 12.5. The number of aromatic nitrogens is 1. The first-order chi connectivity index (χ1) is 14.5. The number of hydrogen-bond acceptors (Lipinski definition) is 4. The highest BCUT2D eigenvalue weighted by Crippen LogP contribution is 2.30. The number of benzene rings is 2. The third-order valence-corrected chi connectivity index (χ3v) is 5.22. The molecule has 0 bridgehead atoms. The Bertz CT molecular complexity index is 997. The van der Waals surface area contributed by atoms with Crippen molar-refractivity contribution >= 4 is 23.0 Å². The van der Waals surface area contributed by atoms with Crippen molar-refractivity contribution in [2.45, 2.75) is 45.4 Å². The normalized spacial score (nSPS) is 12.9. The van der Waals surface area contributed by atoms with Crippen molar-refractivity contribution in [1.29, 1.82) is 0 Å². The minimum absolute atomic E-state index is 0.130. The second-order valence-electron chi connectivity index (χ2n) is 7.29. The molecular weight excluding hydrogens is 380 g/mol. The van der Waals surface area contributed by atoms with Gasteiger partial charge in [0.25, 0.3) is 0 Å². The third-order valence-electron chi connectivity index (χ3n) is 5.22. The van der Waals surface area contributed by atoms with Crippen LogP contribution in [-0.4, -0.2) is 29.8 Å². The fourth-order valence-electron chi connectivity index (χ4n) is 3.65. The van der Waals surface area contributed by atoms with E-state index in [0.29, 0.717) is 0 Å². The number of esters is 1. The molecule has 1 heterocycles. The maximum absolute atomic E-state index is 12.5. The van der Waals surface area contributed by atoms with Gasteiger partial charge in [-0.05, 0) is 23.6 Å². The van der Waals surface area contributed by atoms with E-state index in [2.05, 4.69) is 29.1 Å². The van der Waals surface area contributed by atoms with Gasteiger partial charge in [0.15, 0.2) is 0 Å². The summed E-state index contributed by atoms with van der Waals surface area (Å²) in [6.07, 6.45) is 2.40. The number of methoxy groups -OCH3 is 1. The predicted molar refractivity (Wildman–Crippen MR) is 116 cm³/mol. The minimum atomic E-state index is -0.862. The van der Waals surface area contributed by atoms with Gasteiger partial charge in [-0.3, -0.25) is 0 Å². The molecule has 3 aromatic rings. The Morgan fingerprint density at radius 2 is 1.77 bits per heavy atom. The smallest absolute Gasteiger partial charge is 0.408 e. The first-order valence-electron chi connectivity index (χ1n) is 10.2. The Balaban J connectivity index is 1.81.